The van der Waals surface area contributed by atoms with Crippen LogP contribution >= 0.6 is 0 Å². The number of hydrogen-bond acceptors (Lipinski definition) is 6. The van der Waals surface area contributed by atoms with Gasteiger partial charge in [0.05, 0.1) is 22.7 Å². The normalized spacial score (nSPS) is 23.0. The topological polar surface area (TPSA) is 99.6 Å². The van der Waals surface area contributed by atoms with Gasteiger partial charge in [0, 0.05) is 55.3 Å². The van der Waals surface area contributed by atoms with Crippen LogP contribution in [0.3, 0.4) is 0 Å². The smallest absolute Gasteiger partial charge is 0.241 e. The highest BCUT2D eigenvalue weighted by Crippen LogP contribution is 2.38. The van der Waals surface area contributed by atoms with Gasteiger partial charge in [-0.1, -0.05) is 13.8 Å². The average Bonchev–Trinajstić information content (AvgIpc) is 3.18. The average molecular weight is 475 g/mol. The van der Waals surface area contributed by atoms with E-state index in [1.54, 1.807) is 12.1 Å². The lowest BCUT2D eigenvalue weighted by Crippen LogP contribution is -2.50. The lowest BCUT2D eigenvalue weighted by Gasteiger charge is -2.37. The van der Waals surface area contributed by atoms with Crippen molar-refractivity contribution in [3.63, 3.8) is 0 Å². The molecular weight excluding hydrogens is 440 g/mol. The van der Waals surface area contributed by atoms with Gasteiger partial charge in [-0.2, -0.15) is 5.10 Å². The predicted octanol–water partition coefficient (Wildman–Crippen LogP) is 1.71. The number of benzene rings is 1. The summed E-state index contributed by atoms with van der Waals surface area (Å²) in [5, 5.41) is 9.01. The van der Waals surface area contributed by atoms with Crippen molar-refractivity contribution >= 4 is 32.5 Å². The lowest BCUT2D eigenvalue weighted by atomic mass is 10.1. The summed E-state index contributed by atoms with van der Waals surface area (Å²) in [5.41, 5.74) is 1.39. The Morgan fingerprint density at radius 3 is 2.55 bits per heavy atom. The van der Waals surface area contributed by atoms with Gasteiger partial charge in [0.25, 0.3) is 0 Å². The summed E-state index contributed by atoms with van der Waals surface area (Å²) in [5.74, 6) is 0.143. The molecule has 0 bridgehead atoms. The number of piperazine rings is 1. The number of amides is 1. The largest absolute Gasteiger partial charge is 0.367 e. The highest BCUT2D eigenvalue weighted by Gasteiger charge is 2.41. The summed E-state index contributed by atoms with van der Waals surface area (Å²) in [6, 6.07) is 3.77. The molecule has 10 heteroatoms. The van der Waals surface area contributed by atoms with Crippen LogP contribution in [-0.2, 0) is 14.8 Å². The fourth-order valence-electron chi connectivity index (χ4n) is 4.86. The summed E-state index contributed by atoms with van der Waals surface area (Å²) in [4.78, 5) is 16.8. The Hall–Kier alpha value is -2.17. The fourth-order valence-corrected chi connectivity index (χ4v) is 6.37. The van der Waals surface area contributed by atoms with Crippen molar-refractivity contribution in [2.75, 3.05) is 44.2 Å². The molecule has 2 aliphatic heterocycles. The zero-order chi connectivity index (χ0) is 23.4. The van der Waals surface area contributed by atoms with Crippen molar-refractivity contribution in [1.82, 2.24) is 24.7 Å². The van der Waals surface area contributed by atoms with Crippen molar-refractivity contribution in [2.24, 2.45) is 5.92 Å². The van der Waals surface area contributed by atoms with E-state index in [2.05, 4.69) is 20.0 Å². The molecule has 5 rings (SSSR count). The van der Waals surface area contributed by atoms with Gasteiger partial charge in [0.2, 0.25) is 15.9 Å². The molecule has 1 aromatic heterocycles. The van der Waals surface area contributed by atoms with E-state index in [-0.39, 0.29) is 28.3 Å². The number of sulfonamides is 1. The first-order valence-electron chi connectivity index (χ1n) is 12.0. The number of carbonyl (C=O) groups excluding carboxylic acids is 1. The number of aromatic nitrogens is 2. The maximum atomic E-state index is 13.3. The van der Waals surface area contributed by atoms with Gasteiger partial charge < -0.3 is 15.1 Å². The monoisotopic (exact) mass is 474 g/mol. The summed E-state index contributed by atoms with van der Waals surface area (Å²) in [7, 11) is -3.66. The van der Waals surface area contributed by atoms with E-state index in [9.17, 15) is 13.2 Å². The second kappa shape index (κ2) is 8.25. The van der Waals surface area contributed by atoms with Gasteiger partial charge in [0.1, 0.15) is 0 Å². The van der Waals surface area contributed by atoms with Crippen molar-refractivity contribution in [3.8, 4) is 0 Å². The second-order valence-electron chi connectivity index (χ2n) is 10.2. The molecule has 180 valence electrons. The molecule has 2 aromatic rings. The van der Waals surface area contributed by atoms with E-state index in [4.69, 9.17) is 0 Å². The molecule has 3 heterocycles. The Kier molecular flexibility index (Phi) is 5.65. The molecule has 1 atom stereocenters. The number of hydrogen-bond donors (Lipinski definition) is 2. The maximum Gasteiger partial charge on any atom is 0.241 e. The lowest BCUT2D eigenvalue weighted by molar-refractivity contribution is -0.134. The van der Waals surface area contributed by atoms with Crippen LogP contribution in [0.2, 0.25) is 0 Å². The molecular formula is C23H34N6O3S. The van der Waals surface area contributed by atoms with E-state index >= 15 is 0 Å². The minimum atomic E-state index is -3.66. The van der Waals surface area contributed by atoms with E-state index in [1.165, 1.54) is 0 Å². The van der Waals surface area contributed by atoms with Gasteiger partial charge >= 0.3 is 0 Å². The van der Waals surface area contributed by atoms with Gasteiger partial charge in [-0.25, -0.2) is 13.1 Å². The standard InChI is InChI=1S/C23H34N6O3S/c1-16(2)22(30)28-10-8-27(9-11-28)20-12-18(33(31,32)26-23(3)5-6-23)13-21-19(20)15-25-29(21)17-4-7-24-14-17/h12-13,15-17,24,26H,4-11,14H2,1-3H3. The first-order valence-corrected chi connectivity index (χ1v) is 13.4. The number of rotatable bonds is 6. The van der Waals surface area contributed by atoms with Gasteiger partial charge in [-0.15, -0.1) is 0 Å². The van der Waals surface area contributed by atoms with Crippen molar-refractivity contribution in [1.29, 1.82) is 0 Å². The summed E-state index contributed by atoms with van der Waals surface area (Å²) >= 11 is 0. The molecule has 9 nitrogen and oxygen atoms in total. The first kappa shape index (κ1) is 22.6. The summed E-state index contributed by atoms with van der Waals surface area (Å²) in [6.45, 7) is 10.1. The highest BCUT2D eigenvalue weighted by molar-refractivity contribution is 7.89. The SMILES string of the molecule is CC(C)C(=O)N1CCN(c2cc(S(=O)(=O)NC3(C)CC3)cc3c2cnn3C2CCNC2)CC1. The van der Waals surface area contributed by atoms with Crippen molar-refractivity contribution < 1.29 is 13.2 Å². The fraction of sp³-hybridized carbons (Fsp3) is 0.652. The maximum absolute atomic E-state index is 13.3. The highest BCUT2D eigenvalue weighted by atomic mass is 32.2. The third-order valence-electron chi connectivity index (χ3n) is 7.17. The first-order chi connectivity index (χ1) is 15.7. The zero-order valence-electron chi connectivity index (χ0n) is 19.7. The molecule has 0 radical (unpaired) electrons. The van der Waals surface area contributed by atoms with Crippen LogP contribution in [0.25, 0.3) is 10.9 Å². The van der Waals surface area contributed by atoms with E-state index < -0.39 is 10.0 Å². The number of fused-ring (bicyclic) bond motifs is 1. The molecule has 2 saturated heterocycles. The minimum absolute atomic E-state index is 0.0233. The molecule has 1 unspecified atom stereocenters. The Labute approximate surface area is 195 Å². The van der Waals surface area contributed by atoms with Crippen LogP contribution in [0.1, 0.15) is 46.1 Å². The molecule has 33 heavy (non-hydrogen) atoms. The molecule has 3 fully saturated rings. The molecule has 1 amide bonds. The third-order valence-corrected chi connectivity index (χ3v) is 8.78. The summed E-state index contributed by atoms with van der Waals surface area (Å²) in [6.07, 6.45) is 4.55. The number of anilines is 1. The van der Waals surface area contributed by atoms with Crippen molar-refractivity contribution in [2.45, 2.75) is 56.5 Å². The number of nitrogens with one attached hydrogen (secondary N) is 2. The number of nitrogens with zero attached hydrogens (tertiary/aromatic N) is 4. The zero-order valence-corrected chi connectivity index (χ0v) is 20.5. The Bertz CT molecular complexity index is 1160. The predicted molar refractivity (Wildman–Crippen MR) is 128 cm³/mol. The van der Waals surface area contributed by atoms with Crippen LogP contribution < -0.4 is 14.9 Å². The third kappa shape index (κ3) is 4.36. The quantitative estimate of drug-likeness (QED) is 0.661. The van der Waals surface area contributed by atoms with Crippen LogP contribution in [0.4, 0.5) is 5.69 Å². The van der Waals surface area contributed by atoms with Gasteiger partial charge in [0.15, 0.2) is 0 Å². The van der Waals surface area contributed by atoms with Gasteiger partial charge in [-0.05, 0) is 44.9 Å². The van der Waals surface area contributed by atoms with Crippen LogP contribution in [0.15, 0.2) is 23.2 Å². The Morgan fingerprint density at radius 1 is 1.21 bits per heavy atom. The molecule has 1 saturated carbocycles. The molecule has 1 aromatic carbocycles. The Morgan fingerprint density at radius 2 is 1.94 bits per heavy atom. The van der Waals surface area contributed by atoms with Crippen LogP contribution in [-0.4, -0.2) is 73.8 Å². The second-order valence-corrected chi connectivity index (χ2v) is 11.9. The molecule has 3 aliphatic rings. The van der Waals surface area contributed by atoms with E-state index in [0.29, 0.717) is 26.2 Å². The molecule has 0 spiro atoms. The molecule has 1 aliphatic carbocycles. The van der Waals surface area contributed by atoms with Crippen LogP contribution in [0.5, 0.6) is 0 Å². The Balaban J connectivity index is 1.52. The van der Waals surface area contributed by atoms with E-state index in [0.717, 1.165) is 48.9 Å². The van der Waals surface area contributed by atoms with E-state index in [1.807, 2.05) is 36.5 Å². The summed E-state index contributed by atoms with van der Waals surface area (Å²) < 4.78 is 31.5. The number of carbonyl (C=O) groups is 1. The molecule has 2 N–H and O–H groups in total. The van der Waals surface area contributed by atoms with Crippen molar-refractivity contribution in [3.05, 3.63) is 18.3 Å². The van der Waals surface area contributed by atoms with Crippen LogP contribution in [0, 0.1) is 5.92 Å². The van der Waals surface area contributed by atoms with Gasteiger partial charge in [-0.3, -0.25) is 9.48 Å². The minimum Gasteiger partial charge on any atom is -0.367 e.